The first-order valence-corrected chi connectivity index (χ1v) is 5.90. The summed E-state index contributed by atoms with van der Waals surface area (Å²) in [7, 11) is 0. The Labute approximate surface area is 107 Å². The maximum atomic E-state index is 12.5. The molecule has 0 bridgehead atoms. The summed E-state index contributed by atoms with van der Waals surface area (Å²) < 4.78 is 0. The fourth-order valence-electron chi connectivity index (χ4n) is 1.89. The molecule has 0 aromatic carbocycles. The minimum atomic E-state index is 0.0426. The van der Waals surface area contributed by atoms with Crippen LogP contribution < -0.4 is 0 Å². The Bertz CT molecular complexity index is 564. The Hall–Kier alpha value is -2.03. The third-order valence-corrected chi connectivity index (χ3v) is 2.97. The van der Waals surface area contributed by atoms with Crippen LogP contribution in [0.15, 0.2) is 24.5 Å². The maximum absolute atomic E-state index is 12.5. The lowest BCUT2D eigenvalue weighted by Crippen LogP contribution is -2.08. The van der Waals surface area contributed by atoms with E-state index in [9.17, 15) is 4.79 Å². The molecule has 0 aliphatic rings. The van der Waals surface area contributed by atoms with E-state index in [0.29, 0.717) is 0 Å². The fraction of sp³-hybridized carbons (Fsp3) is 0.267. The minimum Gasteiger partial charge on any atom is -0.289 e. The molecule has 2 aromatic rings. The first-order valence-electron chi connectivity index (χ1n) is 5.90. The topological polar surface area (TPSA) is 42.9 Å². The van der Waals surface area contributed by atoms with E-state index in [4.69, 9.17) is 0 Å². The molecule has 92 valence electrons. The van der Waals surface area contributed by atoms with E-state index in [2.05, 4.69) is 9.97 Å². The van der Waals surface area contributed by atoms with Gasteiger partial charge in [0.25, 0.3) is 0 Å². The van der Waals surface area contributed by atoms with Crippen LogP contribution in [0.3, 0.4) is 0 Å². The molecule has 0 unspecified atom stereocenters. The molecule has 0 amide bonds. The van der Waals surface area contributed by atoms with Gasteiger partial charge in [-0.1, -0.05) is 0 Å². The average molecular weight is 240 g/mol. The monoisotopic (exact) mass is 240 g/mol. The number of rotatable bonds is 2. The van der Waals surface area contributed by atoms with Crippen LogP contribution in [0.2, 0.25) is 0 Å². The Kier molecular flexibility index (Phi) is 3.24. The van der Waals surface area contributed by atoms with Gasteiger partial charge in [-0.3, -0.25) is 14.8 Å². The van der Waals surface area contributed by atoms with Gasteiger partial charge in [0.15, 0.2) is 5.78 Å². The molecule has 0 N–H and O–H groups in total. The van der Waals surface area contributed by atoms with Crippen molar-refractivity contribution in [2.24, 2.45) is 0 Å². The van der Waals surface area contributed by atoms with Crippen molar-refractivity contribution in [3.05, 3.63) is 58.2 Å². The van der Waals surface area contributed by atoms with Gasteiger partial charge in [-0.05, 0) is 51.0 Å². The normalized spacial score (nSPS) is 10.4. The number of carbonyl (C=O) groups excluding carboxylic acids is 1. The molecule has 0 saturated carbocycles. The van der Waals surface area contributed by atoms with Crippen molar-refractivity contribution in [2.45, 2.75) is 27.7 Å². The predicted octanol–water partition coefficient (Wildman–Crippen LogP) is 2.94. The molecule has 3 heteroatoms. The van der Waals surface area contributed by atoms with Crippen LogP contribution in [0.4, 0.5) is 0 Å². The Balaban J connectivity index is 2.54. The van der Waals surface area contributed by atoms with E-state index in [1.165, 1.54) is 0 Å². The van der Waals surface area contributed by atoms with Crippen molar-refractivity contribution in [2.75, 3.05) is 0 Å². The van der Waals surface area contributed by atoms with Gasteiger partial charge in [-0.15, -0.1) is 0 Å². The maximum Gasteiger partial charge on any atom is 0.193 e. The summed E-state index contributed by atoms with van der Waals surface area (Å²) in [5.41, 5.74) is 4.95. The van der Waals surface area contributed by atoms with Gasteiger partial charge in [-0.25, -0.2) is 0 Å². The highest BCUT2D eigenvalue weighted by molar-refractivity contribution is 6.10. The lowest BCUT2D eigenvalue weighted by Gasteiger charge is -2.08. The van der Waals surface area contributed by atoms with Gasteiger partial charge >= 0.3 is 0 Å². The zero-order valence-corrected chi connectivity index (χ0v) is 11.1. The number of nitrogens with zero attached hydrogens (tertiary/aromatic N) is 2. The molecular weight excluding hydrogens is 224 g/mol. The van der Waals surface area contributed by atoms with E-state index >= 15 is 0 Å². The molecule has 0 radical (unpaired) electrons. The van der Waals surface area contributed by atoms with E-state index in [1.54, 1.807) is 12.4 Å². The fourth-order valence-corrected chi connectivity index (χ4v) is 1.89. The molecule has 2 rings (SSSR count). The van der Waals surface area contributed by atoms with Gasteiger partial charge in [0.1, 0.15) is 0 Å². The summed E-state index contributed by atoms with van der Waals surface area (Å²) in [5.74, 6) is 0.0426. The molecule has 0 atom stereocenters. The average Bonchev–Trinajstić information content (AvgIpc) is 2.34. The number of hydrogen-bond acceptors (Lipinski definition) is 3. The molecule has 0 aliphatic heterocycles. The number of ketones is 1. The van der Waals surface area contributed by atoms with Crippen LogP contribution in [-0.2, 0) is 0 Å². The van der Waals surface area contributed by atoms with E-state index in [1.807, 2.05) is 39.8 Å². The van der Waals surface area contributed by atoms with Crippen LogP contribution in [0, 0.1) is 27.7 Å². The predicted molar refractivity (Wildman–Crippen MR) is 70.9 cm³/mol. The Morgan fingerprint density at radius 2 is 1.22 bits per heavy atom. The molecule has 0 saturated heterocycles. The molecule has 0 spiro atoms. The van der Waals surface area contributed by atoms with Crippen molar-refractivity contribution in [1.29, 1.82) is 0 Å². The lowest BCUT2D eigenvalue weighted by molar-refractivity contribution is 0.103. The second kappa shape index (κ2) is 4.69. The summed E-state index contributed by atoms with van der Waals surface area (Å²) in [6, 6.07) is 3.68. The molecule has 18 heavy (non-hydrogen) atoms. The number of aryl methyl sites for hydroxylation is 4. The quantitative estimate of drug-likeness (QED) is 0.758. The molecule has 2 heterocycles. The zero-order chi connectivity index (χ0) is 13.3. The van der Waals surface area contributed by atoms with Crippen molar-refractivity contribution >= 4 is 5.78 Å². The van der Waals surface area contributed by atoms with Gasteiger partial charge in [-0.2, -0.15) is 0 Å². The molecule has 2 aromatic heterocycles. The highest BCUT2D eigenvalue weighted by Gasteiger charge is 2.15. The van der Waals surface area contributed by atoms with Crippen molar-refractivity contribution in [1.82, 2.24) is 9.97 Å². The zero-order valence-electron chi connectivity index (χ0n) is 11.1. The van der Waals surface area contributed by atoms with Crippen LogP contribution >= 0.6 is 0 Å². The van der Waals surface area contributed by atoms with Crippen molar-refractivity contribution in [3.8, 4) is 0 Å². The summed E-state index contributed by atoms with van der Waals surface area (Å²) in [5, 5.41) is 0. The SMILES string of the molecule is Cc1cc(C(=O)c2cc(C)ncc2C)c(C)cn1. The second-order valence-electron chi connectivity index (χ2n) is 4.61. The van der Waals surface area contributed by atoms with Crippen LogP contribution in [0.25, 0.3) is 0 Å². The van der Waals surface area contributed by atoms with Crippen molar-refractivity contribution in [3.63, 3.8) is 0 Å². The molecular formula is C15H16N2O. The first kappa shape index (κ1) is 12.4. The number of pyridine rings is 2. The standard InChI is InChI=1S/C15H16N2O/c1-9-7-16-11(3)5-13(9)15(18)14-6-12(4)17-8-10(14)2/h5-8H,1-4H3. The minimum absolute atomic E-state index is 0.0426. The summed E-state index contributed by atoms with van der Waals surface area (Å²) in [6.07, 6.45) is 3.48. The highest BCUT2D eigenvalue weighted by Crippen LogP contribution is 2.17. The summed E-state index contributed by atoms with van der Waals surface area (Å²) >= 11 is 0. The van der Waals surface area contributed by atoms with Crippen LogP contribution in [0.1, 0.15) is 38.4 Å². The van der Waals surface area contributed by atoms with Crippen molar-refractivity contribution < 1.29 is 4.79 Å². The number of aromatic nitrogens is 2. The van der Waals surface area contributed by atoms with E-state index < -0.39 is 0 Å². The van der Waals surface area contributed by atoms with Gasteiger partial charge in [0, 0.05) is 34.9 Å². The second-order valence-corrected chi connectivity index (χ2v) is 4.61. The number of hydrogen-bond donors (Lipinski definition) is 0. The molecule has 0 aliphatic carbocycles. The summed E-state index contributed by atoms with van der Waals surface area (Å²) in [4.78, 5) is 20.9. The van der Waals surface area contributed by atoms with Gasteiger partial charge in [0.05, 0.1) is 0 Å². The van der Waals surface area contributed by atoms with Gasteiger partial charge < -0.3 is 0 Å². The summed E-state index contributed by atoms with van der Waals surface area (Å²) in [6.45, 7) is 7.59. The lowest BCUT2D eigenvalue weighted by atomic mass is 9.97. The third-order valence-electron chi connectivity index (χ3n) is 2.97. The molecule has 3 nitrogen and oxygen atoms in total. The largest absolute Gasteiger partial charge is 0.289 e. The van der Waals surface area contributed by atoms with Gasteiger partial charge in [0.2, 0.25) is 0 Å². The van der Waals surface area contributed by atoms with E-state index in [-0.39, 0.29) is 5.78 Å². The highest BCUT2D eigenvalue weighted by atomic mass is 16.1. The number of carbonyl (C=O) groups is 1. The van der Waals surface area contributed by atoms with Crippen LogP contribution in [-0.4, -0.2) is 15.8 Å². The molecule has 0 fully saturated rings. The van der Waals surface area contributed by atoms with Crippen LogP contribution in [0.5, 0.6) is 0 Å². The Morgan fingerprint density at radius 3 is 1.61 bits per heavy atom. The first-order chi connectivity index (χ1) is 8.49. The third kappa shape index (κ3) is 2.30. The smallest absolute Gasteiger partial charge is 0.193 e. The Morgan fingerprint density at radius 1 is 0.833 bits per heavy atom. The van der Waals surface area contributed by atoms with E-state index in [0.717, 1.165) is 33.6 Å².